The smallest absolute Gasteiger partial charge is 0.231 e. The van der Waals surface area contributed by atoms with E-state index in [1.165, 1.54) is 29.5 Å². The standard InChI is InChI=1S/C22H31N3O2S.ClH/c1-17-7-5-10-19-20(17)23-22(28-19)25(21(26)18-8-3-2-4-9-18)12-6-11-24-13-15-27-16-14-24;/h5,7,10,18H,2-4,6,8-9,11-16H2,1H3;1H. The van der Waals surface area contributed by atoms with Crippen LogP contribution in [-0.4, -0.2) is 55.2 Å². The molecule has 1 aliphatic heterocycles. The van der Waals surface area contributed by atoms with Crippen molar-refractivity contribution in [2.24, 2.45) is 5.92 Å². The molecule has 1 saturated carbocycles. The number of carbonyl (C=O) groups is 1. The summed E-state index contributed by atoms with van der Waals surface area (Å²) in [4.78, 5) is 22.7. The summed E-state index contributed by atoms with van der Waals surface area (Å²) in [7, 11) is 0. The van der Waals surface area contributed by atoms with Crippen LogP contribution in [0.15, 0.2) is 18.2 Å². The number of nitrogens with zero attached hydrogens (tertiary/aromatic N) is 3. The summed E-state index contributed by atoms with van der Waals surface area (Å²) in [6.07, 6.45) is 6.66. The van der Waals surface area contributed by atoms with Crippen molar-refractivity contribution in [1.29, 1.82) is 0 Å². The number of ether oxygens (including phenoxy) is 1. The van der Waals surface area contributed by atoms with Gasteiger partial charge in [0.15, 0.2) is 5.13 Å². The number of para-hydroxylation sites is 1. The van der Waals surface area contributed by atoms with Crippen molar-refractivity contribution in [1.82, 2.24) is 9.88 Å². The number of fused-ring (bicyclic) bond motifs is 1. The summed E-state index contributed by atoms with van der Waals surface area (Å²) in [6.45, 7) is 7.50. The predicted molar refractivity (Wildman–Crippen MR) is 122 cm³/mol. The summed E-state index contributed by atoms with van der Waals surface area (Å²) < 4.78 is 6.62. The molecule has 2 aromatic rings. The number of amides is 1. The fourth-order valence-corrected chi connectivity index (χ4v) is 5.41. The van der Waals surface area contributed by atoms with Gasteiger partial charge >= 0.3 is 0 Å². The van der Waals surface area contributed by atoms with E-state index >= 15 is 0 Å². The number of hydrogen-bond donors (Lipinski definition) is 0. The molecule has 1 aromatic heterocycles. The third kappa shape index (κ3) is 5.48. The van der Waals surface area contributed by atoms with E-state index in [-0.39, 0.29) is 18.3 Å². The maximum Gasteiger partial charge on any atom is 0.231 e. The fraction of sp³-hybridized carbons (Fsp3) is 0.636. The largest absolute Gasteiger partial charge is 0.379 e. The molecule has 0 radical (unpaired) electrons. The molecule has 7 heteroatoms. The second-order valence-electron chi connectivity index (χ2n) is 8.05. The van der Waals surface area contributed by atoms with Gasteiger partial charge in [-0.1, -0.05) is 42.7 Å². The molecular formula is C22H32ClN3O2S. The molecule has 4 rings (SSSR count). The highest BCUT2D eigenvalue weighted by molar-refractivity contribution is 7.22. The first-order valence-corrected chi connectivity index (χ1v) is 11.5. The number of benzene rings is 1. The molecule has 29 heavy (non-hydrogen) atoms. The highest BCUT2D eigenvalue weighted by atomic mass is 35.5. The van der Waals surface area contributed by atoms with Gasteiger partial charge in [0.1, 0.15) is 0 Å². The van der Waals surface area contributed by atoms with Crippen molar-refractivity contribution in [3.05, 3.63) is 23.8 Å². The molecule has 0 bridgehead atoms. The van der Waals surface area contributed by atoms with Gasteiger partial charge in [-0.15, -0.1) is 12.4 Å². The molecule has 0 unspecified atom stereocenters. The van der Waals surface area contributed by atoms with Crippen LogP contribution in [0, 0.1) is 12.8 Å². The lowest BCUT2D eigenvalue weighted by molar-refractivity contribution is -0.123. The highest BCUT2D eigenvalue weighted by Gasteiger charge is 2.28. The molecule has 0 spiro atoms. The predicted octanol–water partition coefficient (Wildman–Crippen LogP) is 4.66. The van der Waals surface area contributed by atoms with Crippen LogP contribution in [-0.2, 0) is 9.53 Å². The minimum atomic E-state index is 0. The van der Waals surface area contributed by atoms with Crippen LogP contribution < -0.4 is 4.90 Å². The lowest BCUT2D eigenvalue weighted by Crippen LogP contribution is -2.41. The molecule has 2 aliphatic rings. The molecule has 1 aliphatic carbocycles. The molecule has 160 valence electrons. The lowest BCUT2D eigenvalue weighted by Gasteiger charge is -2.30. The number of aromatic nitrogens is 1. The summed E-state index contributed by atoms with van der Waals surface area (Å²) in [5.41, 5.74) is 2.22. The third-order valence-electron chi connectivity index (χ3n) is 6.02. The van der Waals surface area contributed by atoms with Gasteiger partial charge in [0, 0.05) is 32.1 Å². The van der Waals surface area contributed by atoms with E-state index in [1.54, 1.807) is 11.3 Å². The molecule has 1 saturated heterocycles. The summed E-state index contributed by atoms with van der Waals surface area (Å²) in [5, 5.41) is 0.877. The fourth-order valence-electron chi connectivity index (χ4n) is 4.34. The van der Waals surface area contributed by atoms with E-state index in [0.29, 0.717) is 5.91 Å². The monoisotopic (exact) mass is 437 g/mol. The molecular weight excluding hydrogens is 406 g/mol. The summed E-state index contributed by atoms with van der Waals surface area (Å²) >= 11 is 1.66. The molecule has 1 amide bonds. The number of morpholine rings is 1. The number of carbonyl (C=O) groups excluding carboxylic acids is 1. The highest BCUT2D eigenvalue weighted by Crippen LogP contribution is 2.33. The Bertz CT molecular complexity index is 800. The van der Waals surface area contributed by atoms with Crippen molar-refractivity contribution in [2.75, 3.05) is 44.3 Å². The van der Waals surface area contributed by atoms with Crippen LogP contribution >= 0.6 is 23.7 Å². The second-order valence-corrected chi connectivity index (χ2v) is 9.06. The van der Waals surface area contributed by atoms with E-state index in [1.807, 2.05) is 4.90 Å². The Labute approximate surface area is 183 Å². The van der Waals surface area contributed by atoms with Crippen molar-refractivity contribution >= 4 is 45.0 Å². The van der Waals surface area contributed by atoms with Gasteiger partial charge in [-0.25, -0.2) is 4.98 Å². The Balaban J connectivity index is 0.00000240. The first-order chi connectivity index (χ1) is 13.7. The van der Waals surface area contributed by atoms with Crippen LogP contribution in [0.25, 0.3) is 10.2 Å². The van der Waals surface area contributed by atoms with Crippen LogP contribution in [0.1, 0.15) is 44.1 Å². The number of rotatable bonds is 6. The van der Waals surface area contributed by atoms with E-state index in [0.717, 1.165) is 69.3 Å². The quantitative estimate of drug-likeness (QED) is 0.659. The number of hydrogen-bond acceptors (Lipinski definition) is 5. The van der Waals surface area contributed by atoms with Gasteiger partial charge in [0.05, 0.1) is 23.4 Å². The maximum atomic E-state index is 13.4. The number of halogens is 1. The first kappa shape index (κ1) is 22.5. The zero-order chi connectivity index (χ0) is 19.3. The summed E-state index contributed by atoms with van der Waals surface area (Å²) in [6, 6.07) is 6.28. The third-order valence-corrected chi connectivity index (χ3v) is 7.06. The van der Waals surface area contributed by atoms with Crippen molar-refractivity contribution in [3.8, 4) is 0 Å². The Morgan fingerprint density at radius 2 is 2.00 bits per heavy atom. The molecule has 1 aromatic carbocycles. The topological polar surface area (TPSA) is 45.7 Å². The number of anilines is 1. The van der Waals surface area contributed by atoms with Crippen LogP contribution in [0.3, 0.4) is 0 Å². The van der Waals surface area contributed by atoms with Gasteiger partial charge in [0.25, 0.3) is 0 Å². The van der Waals surface area contributed by atoms with E-state index in [4.69, 9.17) is 9.72 Å². The van der Waals surface area contributed by atoms with Crippen LogP contribution in [0.4, 0.5) is 5.13 Å². The van der Waals surface area contributed by atoms with Crippen molar-refractivity contribution in [2.45, 2.75) is 45.4 Å². The van der Waals surface area contributed by atoms with Crippen molar-refractivity contribution in [3.63, 3.8) is 0 Å². The zero-order valence-electron chi connectivity index (χ0n) is 17.3. The van der Waals surface area contributed by atoms with Crippen LogP contribution in [0.2, 0.25) is 0 Å². The molecule has 5 nitrogen and oxygen atoms in total. The first-order valence-electron chi connectivity index (χ1n) is 10.7. The normalized spacial score (nSPS) is 18.5. The molecule has 2 fully saturated rings. The summed E-state index contributed by atoms with van der Waals surface area (Å²) in [5.74, 6) is 0.462. The van der Waals surface area contributed by atoms with Gasteiger partial charge < -0.3 is 4.74 Å². The molecule has 0 atom stereocenters. The van der Waals surface area contributed by atoms with Crippen molar-refractivity contribution < 1.29 is 9.53 Å². The van der Waals surface area contributed by atoms with E-state index < -0.39 is 0 Å². The lowest BCUT2D eigenvalue weighted by atomic mass is 9.88. The Morgan fingerprint density at radius 3 is 2.72 bits per heavy atom. The Hall–Kier alpha value is -1.21. The van der Waals surface area contributed by atoms with Gasteiger partial charge in [-0.2, -0.15) is 0 Å². The second kappa shape index (κ2) is 10.7. The average Bonchev–Trinajstić information content (AvgIpc) is 3.17. The Morgan fingerprint density at radius 1 is 1.24 bits per heavy atom. The van der Waals surface area contributed by atoms with Gasteiger partial charge in [-0.3, -0.25) is 14.6 Å². The van der Waals surface area contributed by atoms with Gasteiger partial charge in [-0.05, 0) is 37.8 Å². The SMILES string of the molecule is Cc1cccc2sc(N(CCCN3CCOCC3)C(=O)C3CCCCC3)nc12.Cl. The molecule has 0 N–H and O–H groups in total. The van der Waals surface area contributed by atoms with E-state index in [9.17, 15) is 4.79 Å². The minimum Gasteiger partial charge on any atom is -0.379 e. The average molecular weight is 438 g/mol. The number of thiazole rings is 1. The minimum absolute atomic E-state index is 0. The van der Waals surface area contributed by atoms with Crippen LogP contribution in [0.5, 0.6) is 0 Å². The molecule has 2 heterocycles. The number of aryl methyl sites for hydroxylation is 1. The van der Waals surface area contributed by atoms with E-state index in [2.05, 4.69) is 30.0 Å². The Kier molecular flexibility index (Phi) is 8.30. The van der Waals surface area contributed by atoms with Gasteiger partial charge in [0.2, 0.25) is 5.91 Å². The zero-order valence-corrected chi connectivity index (χ0v) is 18.9. The maximum absolute atomic E-state index is 13.4.